The van der Waals surface area contributed by atoms with E-state index in [4.69, 9.17) is 9.84 Å². The number of alkyl halides is 2. The van der Waals surface area contributed by atoms with Crippen LogP contribution in [0.4, 0.5) is 8.78 Å². The van der Waals surface area contributed by atoms with E-state index in [9.17, 15) is 22.0 Å². The largest absolute Gasteiger partial charge is 0.478 e. The SMILES string of the molecule is COCC1(NS(=O)(=O)c2cccc(C(=O)O)c2C)CC(F)(F)C1. The molecule has 0 radical (unpaired) electrons. The topological polar surface area (TPSA) is 92.7 Å². The van der Waals surface area contributed by atoms with Crippen LogP contribution in [0.3, 0.4) is 0 Å². The van der Waals surface area contributed by atoms with Crippen molar-refractivity contribution in [1.29, 1.82) is 0 Å². The fourth-order valence-corrected chi connectivity index (χ4v) is 4.55. The lowest BCUT2D eigenvalue weighted by atomic mass is 9.75. The molecule has 0 bridgehead atoms. The van der Waals surface area contributed by atoms with E-state index in [1.165, 1.54) is 32.2 Å². The zero-order valence-corrected chi connectivity index (χ0v) is 13.4. The number of ether oxygens (including phenoxy) is 1. The number of methoxy groups -OCH3 is 1. The summed E-state index contributed by atoms with van der Waals surface area (Å²) in [6.07, 6.45) is -1.32. The Morgan fingerprint density at radius 2 is 2.00 bits per heavy atom. The number of halogens is 2. The second-order valence-electron chi connectivity index (χ2n) is 5.76. The minimum Gasteiger partial charge on any atom is -0.478 e. The van der Waals surface area contributed by atoms with Crippen LogP contribution in [0.25, 0.3) is 0 Å². The second-order valence-corrected chi connectivity index (χ2v) is 7.41. The maximum Gasteiger partial charge on any atom is 0.335 e. The normalized spacial score (nSPS) is 19.1. The Kier molecular flexibility index (Phi) is 4.49. The van der Waals surface area contributed by atoms with E-state index in [2.05, 4.69) is 4.72 Å². The maximum atomic E-state index is 13.2. The van der Waals surface area contributed by atoms with Gasteiger partial charge in [0.05, 0.1) is 22.6 Å². The highest BCUT2D eigenvalue weighted by atomic mass is 32.2. The quantitative estimate of drug-likeness (QED) is 0.817. The van der Waals surface area contributed by atoms with Gasteiger partial charge in [0.1, 0.15) is 0 Å². The Labute approximate surface area is 132 Å². The minimum atomic E-state index is -4.16. The van der Waals surface area contributed by atoms with Gasteiger partial charge in [-0.2, -0.15) is 0 Å². The highest BCUT2D eigenvalue weighted by Crippen LogP contribution is 2.46. The Morgan fingerprint density at radius 3 is 2.48 bits per heavy atom. The molecule has 1 saturated carbocycles. The summed E-state index contributed by atoms with van der Waals surface area (Å²) < 4.78 is 58.6. The van der Waals surface area contributed by atoms with Gasteiger partial charge in [-0.1, -0.05) is 6.07 Å². The molecule has 0 saturated heterocycles. The highest BCUT2D eigenvalue weighted by Gasteiger charge is 2.58. The summed E-state index contributed by atoms with van der Waals surface area (Å²) in [6, 6.07) is 3.81. The summed E-state index contributed by atoms with van der Waals surface area (Å²) in [5, 5.41) is 9.06. The summed E-state index contributed by atoms with van der Waals surface area (Å²) >= 11 is 0. The van der Waals surface area contributed by atoms with E-state index in [1.54, 1.807) is 0 Å². The molecule has 0 aromatic heterocycles. The van der Waals surface area contributed by atoms with Crippen molar-refractivity contribution in [3.63, 3.8) is 0 Å². The highest BCUT2D eigenvalue weighted by molar-refractivity contribution is 7.89. The summed E-state index contributed by atoms with van der Waals surface area (Å²) in [7, 11) is -2.87. The van der Waals surface area contributed by atoms with E-state index in [0.717, 1.165) is 0 Å². The van der Waals surface area contributed by atoms with Gasteiger partial charge < -0.3 is 9.84 Å². The third kappa shape index (κ3) is 3.51. The molecular formula is C14H17F2NO5S. The van der Waals surface area contributed by atoms with Crippen LogP contribution in [0.1, 0.15) is 28.8 Å². The third-order valence-corrected chi connectivity index (χ3v) is 5.49. The average molecular weight is 349 g/mol. The number of carboxylic acids is 1. The summed E-state index contributed by atoms with van der Waals surface area (Å²) in [6.45, 7) is 1.16. The van der Waals surface area contributed by atoms with Crippen LogP contribution >= 0.6 is 0 Å². The van der Waals surface area contributed by atoms with Gasteiger partial charge in [0, 0.05) is 20.0 Å². The molecule has 0 aliphatic heterocycles. The molecule has 23 heavy (non-hydrogen) atoms. The predicted octanol–water partition coefficient (Wildman–Crippen LogP) is 1.79. The number of benzene rings is 1. The molecule has 0 amide bonds. The van der Waals surface area contributed by atoms with Crippen LogP contribution in [0.2, 0.25) is 0 Å². The van der Waals surface area contributed by atoms with Crippen molar-refractivity contribution < 1.29 is 31.8 Å². The number of aromatic carboxylic acids is 1. The average Bonchev–Trinajstić information content (AvgIpc) is 2.35. The monoisotopic (exact) mass is 349 g/mol. The van der Waals surface area contributed by atoms with Gasteiger partial charge in [0.2, 0.25) is 10.0 Å². The molecule has 9 heteroatoms. The second kappa shape index (κ2) is 5.81. The van der Waals surface area contributed by atoms with Crippen molar-refractivity contribution in [3.8, 4) is 0 Å². The Morgan fingerprint density at radius 1 is 1.39 bits per heavy atom. The van der Waals surface area contributed by atoms with Gasteiger partial charge in [-0.15, -0.1) is 0 Å². The first-order chi connectivity index (χ1) is 10.5. The lowest BCUT2D eigenvalue weighted by molar-refractivity contribution is -0.143. The molecule has 6 nitrogen and oxygen atoms in total. The molecule has 2 N–H and O–H groups in total. The first-order valence-electron chi connectivity index (χ1n) is 6.76. The fourth-order valence-electron chi connectivity index (χ4n) is 2.90. The molecule has 0 unspecified atom stereocenters. The van der Waals surface area contributed by atoms with Crippen LogP contribution in [-0.4, -0.2) is 44.7 Å². The number of hydrogen-bond donors (Lipinski definition) is 2. The van der Waals surface area contributed by atoms with Crippen molar-refractivity contribution in [3.05, 3.63) is 29.3 Å². The minimum absolute atomic E-state index is 0.0474. The standard InChI is InChI=1S/C14H17F2NO5S/c1-9-10(12(18)19)4-3-5-11(9)23(20,21)17-13(8-22-2)6-14(15,16)7-13/h3-5,17H,6-8H2,1-2H3,(H,18,19). The van der Waals surface area contributed by atoms with Crippen LogP contribution in [-0.2, 0) is 14.8 Å². The molecule has 0 heterocycles. The Bertz CT molecular complexity index is 725. The van der Waals surface area contributed by atoms with Gasteiger partial charge in [0.15, 0.2) is 0 Å². The van der Waals surface area contributed by atoms with Crippen LogP contribution in [0, 0.1) is 6.92 Å². The molecule has 1 aliphatic rings. The van der Waals surface area contributed by atoms with Crippen molar-refractivity contribution >= 4 is 16.0 Å². The van der Waals surface area contributed by atoms with Crippen molar-refractivity contribution in [1.82, 2.24) is 4.72 Å². The van der Waals surface area contributed by atoms with E-state index < -0.39 is 40.3 Å². The molecule has 0 spiro atoms. The lowest BCUT2D eigenvalue weighted by Crippen LogP contribution is -2.64. The maximum absolute atomic E-state index is 13.2. The molecule has 1 aromatic rings. The van der Waals surface area contributed by atoms with Gasteiger partial charge in [-0.25, -0.2) is 26.7 Å². The van der Waals surface area contributed by atoms with Gasteiger partial charge >= 0.3 is 5.97 Å². The number of sulfonamides is 1. The molecule has 1 aliphatic carbocycles. The zero-order valence-electron chi connectivity index (χ0n) is 12.6. The summed E-state index contributed by atoms with van der Waals surface area (Å²) in [4.78, 5) is 10.9. The van der Waals surface area contributed by atoms with E-state index >= 15 is 0 Å². The Balaban J connectivity index is 2.36. The summed E-state index contributed by atoms with van der Waals surface area (Å²) in [5.74, 6) is -4.21. The van der Waals surface area contributed by atoms with Crippen molar-refractivity contribution in [2.75, 3.05) is 13.7 Å². The molecule has 1 fully saturated rings. The molecular weight excluding hydrogens is 332 g/mol. The Hall–Kier alpha value is -1.58. The zero-order chi connectivity index (χ0) is 17.5. The molecule has 1 aromatic carbocycles. The van der Waals surface area contributed by atoms with Gasteiger partial charge in [-0.3, -0.25) is 0 Å². The van der Waals surface area contributed by atoms with E-state index in [1.807, 2.05) is 0 Å². The van der Waals surface area contributed by atoms with Crippen LogP contribution < -0.4 is 4.72 Å². The number of carboxylic acid groups (broad SMARTS) is 1. The van der Waals surface area contributed by atoms with Gasteiger partial charge in [-0.05, 0) is 24.6 Å². The van der Waals surface area contributed by atoms with Crippen molar-refractivity contribution in [2.45, 2.75) is 36.1 Å². The number of hydrogen-bond acceptors (Lipinski definition) is 4. The first-order valence-corrected chi connectivity index (χ1v) is 8.24. The number of rotatable bonds is 6. The van der Waals surface area contributed by atoms with Crippen LogP contribution in [0.5, 0.6) is 0 Å². The molecule has 128 valence electrons. The predicted molar refractivity (Wildman–Crippen MR) is 77.2 cm³/mol. The molecule has 0 atom stereocenters. The summed E-state index contributed by atoms with van der Waals surface area (Å²) in [5.41, 5.74) is -1.50. The van der Waals surface area contributed by atoms with Crippen LogP contribution in [0.15, 0.2) is 23.1 Å². The number of carbonyl (C=O) groups is 1. The van der Waals surface area contributed by atoms with E-state index in [-0.39, 0.29) is 22.6 Å². The van der Waals surface area contributed by atoms with Gasteiger partial charge in [0.25, 0.3) is 5.92 Å². The van der Waals surface area contributed by atoms with E-state index in [0.29, 0.717) is 0 Å². The third-order valence-electron chi connectivity index (χ3n) is 3.77. The first kappa shape index (κ1) is 17.8. The smallest absolute Gasteiger partial charge is 0.335 e. The lowest BCUT2D eigenvalue weighted by Gasteiger charge is -2.46. The fraction of sp³-hybridized carbons (Fsp3) is 0.500. The number of nitrogens with one attached hydrogen (secondary N) is 1. The molecule has 2 rings (SSSR count). The van der Waals surface area contributed by atoms with Crippen molar-refractivity contribution in [2.24, 2.45) is 0 Å².